The van der Waals surface area contributed by atoms with Gasteiger partial charge in [0.1, 0.15) is 5.65 Å². The zero-order valence-corrected chi connectivity index (χ0v) is 21.7. The molecule has 1 saturated heterocycles. The minimum absolute atomic E-state index is 0. The number of nitrogens with zero attached hydrogens (tertiary/aromatic N) is 4. The lowest BCUT2D eigenvalue weighted by molar-refractivity contribution is 0.125. The Labute approximate surface area is 206 Å². The van der Waals surface area contributed by atoms with Crippen LogP contribution in [0.1, 0.15) is 42.1 Å². The summed E-state index contributed by atoms with van der Waals surface area (Å²) in [6, 6.07) is 11.1. The van der Waals surface area contributed by atoms with Crippen LogP contribution in [0, 0.1) is 12.8 Å². The first-order valence-corrected chi connectivity index (χ1v) is 11.7. The van der Waals surface area contributed by atoms with E-state index in [0.29, 0.717) is 18.5 Å². The zero-order valence-electron chi connectivity index (χ0n) is 18.5. The lowest BCUT2D eigenvalue weighted by Crippen LogP contribution is -2.44. The molecular weight excluding hydrogens is 519 g/mol. The van der Waals surface area contributed by atoms with Crippen molar-refractivity contribution in [2.75, 3.05) is 26.7 Å². The highest BCUT2D eigenvalue weighted by Crippen LogP contribution is 2.36. The molecule has 1 aliphatic rings. The number of aromatic nitrogens is 2. The molecule has 8 heteroatoms. The molecule has 0 spiro atoms. The van der Waals surface area contributed by atoms with Crippen LogP contribution in [-0.4, -0.2) is 46.9 Å². The number of guanidine groups is 1. The third-order valence-electron chi connectivity index (χ3n) is 5.86. The normalized spacial score (nSPS) is 19.9. The monoisotopic (exact) mass is 552 g/mol. The predicted molar refractivity (Wildman–Crippen MR) is 141 cm³/mol. The number of nitrogens with one attached hydrogen (secondary N) is 2. The fraction of sp³-hybridized carbons (Fsp3) is 0.478. The summed E-state index contributed by atoms with van der Waals surface area (Å²) in [7, 11) is 2.25. The number of aliphatic imine (C=N–C) groups is 1. The van der Waals surface area contributed by atoms with Crippen molar-refractivity contribution >= 4 is 46.9 Å². The molecule has 6 nitrogen and oxygen atoms in total. The van der Waals surface area contributed by atoms with Crippen LogP contribution in [0.25, 0.3) is 5.65 Å². The number of aryl methyl sites for hydroxylation is 1. The van der Waals surface area contributed by atoms with E-state index in [-0.39, 0.29) is 24.0 Å². The summed E-state index contributed by atoms with van der Waals surface area (Å²) in [4.78, 5) is 13.5. The minimum atomic E-state index is 0. The molecule has 0 saturated carbocycles. The molecular formula is C23H33IN6S. The Hall–Kier alpha value is -1.65. The van der Waals surface area contributed by atoms with Crippen molar-refractivity contribution in [1.29, 1.82) is 0 Å². The molecule has 2 N–H and O–H groups in total. The quantitative estimate of drug-likeness (QED) is 0.270. The molecule has 0 bridgehead atoms. The number of fused-ring (bicyclic) bond motifs is 1. The number of thiophene rings is 1. The van der Waals surface area contributed by atoms with Crippen LogP contribution in [0.15, 0.2) is 46.9 Å². The number of hydrogen-bond acceptors (Lipinski definition) is 4. The van der Waals surface area contributed by atoms with Crippen LogP contribution in [-0.2, 0) is 6.54 Å². The Morgan fingerprint density at radius 3 is 2.87 bits per heavy atom. The summed E-state index contributed by atoms with van der Waals surface area (Å²) in [5.41, 5.74) is 3.14. The van der Waals surface area contributed by atoms with E-state index in [9.17, 15) is 0 Å². The number of likely N-dealkylation sites (tertiary alicyclic amines) is 1. The van der Waals surface area contributed by atoms with Gasteiger partial charge in [-0.15, -0.1) is 35.3 Å². The summed E-state index contributed by atoms with van der Waals surface area (Å²) in [6.45, 7) is 7.70. The number of hydrogen-bond donors (Lipinski definition) is 2. The van der Waals surface area contributed by atoms with E-state index in [2.05, 4.69) is 70.6 Å². The first kappa shape index (κ1) is 24.0. The maximum atomic E-state index is 4.81. The van der Waals surface area contributed by atoms with Gasteiger partial charge in [0.25, 0.3) is 0 Å². The molecule has 0 aromatic carbocycles. The summed E-state index contributed by atoms with van der Waals surface area (Å²) in [5.74, 6) is 1.44. The van der Waals surface area contributed by atoms with Crippen LogP contribution in [0.2, 0.25) is 0 Å². The molecule has 0 amide bonds. The van der Waals surface area contributed by atoms with Gasteiger partial charge in [-0.2, -0.15) is 0 Å². The van der Waals surface area contributed by atoms with Gasteiger partial charge >= 0.3 is 0 Å². The number of halogens is 1. The average Bonchev–Trinajstić information content (AvgIpc) is 3.40. The van der Waals surface area contributed by atoms with Crippen molar-refractivity contribution in [3.8, 4) is 0 Å². The van der Waals surface area contributed by atoms with Gasteiger partial charge in [-0.05, 0) is 69.8 Å². The van der Waals surface area contributed by atoms with E-state index in [1.807, 2.05) is 23.5 Å². The van der Waals surface area contributed by atoms with E-state index < -0.39 is 0 Å². The standard InChI is InChI=1S/C23H32N6S.HI/c1-4-24-23(26-15-19-16-29-17(2)8-5-11-21(29)27-19)25-14-18-9-6-12-28(3)22(18)20-10-7-13-30-20;/h5,7-8,10-11,13,16,18,22H,4,6,9,12,14-15H2,1-3H3,(H2,24,25,26);1H. The van der Waals surface area contributed by atoms with Gasteiger partial charge in [-0.3, -0.25) is 4.90 Å². The maximum Gasteiger partial charge on any atom is 0.191 e. The lowest BCUT2D eigenvalue weighted by atomic mass is 9.88. The molecule has 1 fully saturated rings. The van der Waals surface area contributed by atoms with Crippen LogP contribution < -0.4 is 10.6 Å². The second-order valence-corrected chi connectivity index (χ2v) is 9.03. The summed E-state index contributed by atoms with van der Waals surface area (Å²) in [5, 5.41) is 9.18. The Kier molecular flexibility index (Phi) is 8.74. The van der Waals surface area contributed by atoms with Crippen LogP contribution >= 0.6 is 35.3 Å². The van der Waals surface area contributed by atoms with Crippen molar-refractivity contribution in [1.82, 2.24) is 24.9 Å². The van der Waals surface area contributed by atoms with E-state index in [0.717, 1.165) is 30.4 Å². The molecule has 3 aromatic heterocycles. The first-order valence-electron chi connectivity index (χ1n) is 10.8. The molecule has 3 aromatic rings. The highest BCUT2D eigenvalue weighted by atomic mass is 127. The molecule has 2 atom stereocenters. The van der Waals surface area contributed by atoms with Gasteiger partial charge in [0.05, 0.1) is 12.2 Å². The first-order chi connectivity index (χ1) is 14.7. The topological polar surface area (TPSA) is 57.0 Å². The second kappa shape index (κ2) is 11.3. The van der Waals surface area contributed by atoms with Gasteiger partial charge in [-0.25, -0.2) is 9.98 Å². The van der Waals surface area contributed by atoms with Crippen molar-refractivity contribution in [3.63, 3.8) is 0 Å². The van der Waals surface area contributed by atoms with Gasteiger partial charge in [0.15, 0.2) is 5.96 Å². The molecule has 31 heavy (non-hydrogen) atoms. The van der Waals surface area contributed by atoms with Crippen LogP contribution in [0.3, 0.4) is 0 Å². The van der Waals surface area contributed by atoms with Crippen molar-refractivity contribution in [3.05, 3.63) is 58.2 Å². The molecule has 4 heterocycles. The van der Waals surface area contributed by atoms with Crippen LogP contribution in [0.4, 0.5) is 0 Å². The minimum Gasteiger partial charge on any atom is -0.357 e. The number of pyridine rings is 1. The second-order valence-electron chi connectivity index (χ2n) is 8.05. The van der Waals surface area contributed by atoms with Crippen molar-refractivity contribution in [2.24, 2.45) is 10.9 Å². The Morgan fingerprint density at radius 2 is 2.13 bits per heavy atom. The fourth-order valence-corrected chi connectivity index (χ4v) is 5.37. The Bertz CT molecular complexity index is 983. The predicted octanol–water partition coefficient (Wildman–Crippen LogP) is 4.46. The third-order valence-corrected chi connectivity index (χ3v) is 6.81. The van der Waals surface area contributed by atoms with E-state index in [1.165, 1.54) is 30.0 Å². The Balaban J connectivity index is 0.00000272. The van der Waals surface area contributed by atoms with Gasteiger partial charge in [0, 0.05) is 35.9 Å². The molecule has 4 rings (SSSR count). The summed E-state index contributed by atoms with van der Waals surface area (Å²) < 4.78 is 2.12. The van der Waals surface area contributed by atoms with Crippen molar-refractivity contribution < 1.29 is 0 Å². The molecule has 168 valence electrons. The molecule has 0 radical (unpaired) electrons. The largest absolute Gasteiger partial charge is 0.357 e. The summed E-state index contributed by atoms with van der Waals surface area (Å²) >= 11 is 1.87. The van der Waals surface area contributed by atoms with Gasteiger partial charge < -0.3 is 15.0 Å². The lowest BCUT2D eigenvalue weighted by Gasteiger charge is -2.39. The molecule has 1 aliphatic heterocycles. The van der Waals surface area contributed by atoms with Gasteiger partial charge in [0.2, 0.25) is 0 Å². The Morgan fingerprint density at radius 1 is 1.26 bits per heavy atom. The fourth-order valence-electron chi connectivity index (χ4n) is 4.39. The van der Waals surface area contributed by atoms with E-state index in [4.69, 9.17) is 9.98 Å². The SMILES string of the molecule is CCNC(=NCc1cn2c(C)cccc2n1)NCC1CCCN(C)C1c1cccs1.I. The average molecular weight is 553 g/mol. The third kappa shape index (κ3) is 5.78. The smallest absolute Gasteiger partial charge is 0.191 e. The maximum absolute atomic E-state index is 4.81. The van der Waals surface area contributed by atoms with Crippen molar-refractivity contribution in [2.45, 2.75) is 39.3 Å². The zero-order chi connectivity index (χ0) is 20.9. The number of piperidine rings is 1. The van der Waals surface area contributed by atoms with Gasteiger partial charge in [-0.1, -0.05) is 12.1 Å². The highest BCUT2D eigenvalue weighted by molar-refractivity contribution is 14.0. The number of imidazole rings is 1. The summed E-state index contributed by atoms with van der Waals surface area (Å²) in [6.07, 6.45) is 4.57. The van der Waals surface area contributed by atoms with E-state index in [1.54, 1.807) is 0 Å². The molecule has 2 unspecified atom stereocenters. The van der Waals surface area contributed by atoms with E-state index >= 15 is 0 Å². The molecule has 0 aliphatic carbocycles. The van der Waals surface area contributed by atoms with Crippen LogP contribution in [0.5, 0.6) is 0 Å². The number of rotatable bonds is 6. The highest BCUT2D eigenvalue weighted by Gasteiger charge is 2.31.